The van der Waals surface area contributed by atoms with Crippen LogP contribution in [0.1, 0.15) is 24.8 Å². The zero-order valence-corrected chi connectivity index (χ0v) is 17.4. The molecule has 2 aliphatic heterocycles. The number of rotatable bonds is 6. The Kier molecular flexibility index (Phi) is 6.18. The number of hydrogen-bond acceptors (Lipinski definition) is 4. The largest absolute Gasteiger partial charge is 0.368 e. The summed E-state index contributed by atoms with van der Waals surface area (Å²) in [7, 11) is 0. The van der Waals surface area contributed by atoms with Gasteiger partial charge in [0.1, 0.15) is 11.6 Å². The van der Waals surface area contributed by atoms with Crippen LogP contribution in [0.4, 0.5) is 20.2 Å². The summed E-state index contributed by atoms with van der Waals surface area (Å²) in [6, 6.07) is 9.98. The highest BCUT2D eigenvalue weighted by molar-refractivity contribution is 6.03. The summed E-state index contributed by atoms with van der Waals surface area (Å²) in [4.78, 5) is 39.9. The molecule has 0 aliphatic carbocycles. The number of halogens is 2. The van der Waals surface area contributed by atoms with Gasteiger partial charge in [0.2, 0.25) is 17.7 Å². The van der Waals surface area contributed by atoms with Crippen molar-refractivity contribution in [1.29, 1.82) is 0 Å². The van der Waals surface area contributed by atoms with Gasteiger partial charge in [-0.05, 0) is 49.2 Å². The Bertz CT molecular complexity index is 1060. The number of carbonyl (C=O) groups is 3. The maximum Gasteiger partial charge on any atom is 0.234 e. The van der Waals surface area contributed by atoms with Crippen LogP contribution in [-0.2, 0) is 20.9 Å². The van der Waals surface area contributed by atoms with Crippen LogP contribution in [0.25, 0.3) is 0 Å². The van der Waals surface area contributed by atoms with E-state index in [1.807, 2.05) is 17.0 Å². The molecule has 2 aromatic rings. The summed E-state index contributed by atoms with van der Waals surface area (Å²) in [5.41, 5.74) is 6.93. The molecule has 0 bridgehead atoms. The summed E-state index contributed by atoms with van der Waals surface area (Å²) in [5.74, 6) is -3.31. The molecule has 2 aliphatic rings. The van der Waals surface area contributed by atoms with Gasteiger partial charge in [-0.3, -0.25) is 19.3 Å². The van der Waals surface area contributed by atoms with Crippen molar-refractivity contribution in [2.75, 3.05) is 23.3 Å². The van der Waals surface area contributed by atoms with Crippen LogP contribution >= 0.6 is 0 Å². The van der Waals surface area contributed by atoms with Gasteiger partial charge >= 0.3 is 0 Å². The standard InChI is InChI=1S/C23H24F2N4O3/c24-16-6-7-19(18(25)11-16)29-13-15(10-21(29)30)23(32)27-17-4-1-3-14(9-17)12-28-8-2-5-20(28)22(26)31/h1,3-4,6-7,9,11,15,20H,2,5,8,10,12-13H2,(H2,26,31)(H,27,32). The van der Waals surface area contributed by atoms with E-state index in [4.69, 9.17) is 5.73 Å². The molecule has 0 spiro atoms. The predicted molar refractivity (Wildman–Crippen MR) is 115 cm³/mol. The lowest BCUT2D eigenvalue weighted by Crippen LogP contribution is -2.39. The Morgan fingerprint density at radius 2 is 1.97 bits per heavy atom. The quantitative estimate of drug-likeness (QED) is 0.718. The summed E-state index contributed by atoms with van der Waals surface area (Å²) in [6.07, 6.45) is 1.59. The van der Waals surface area contributed by atoms with E-state index in [2.05, 4.69) is 5.32 Å². The molecule has 4 rings (SSSR count). The number of nitrogens with zero attached hydrogens (tertiary/aromatic N) is 2. The Morgan fingerprint density at radius 3 is 2.72 bits per heavy atom. The maximum absolute atomic E-state index is 14.1. The first-order valence-corrected chi connectivity index (χ1v) is 10.5. The number of carbonyl (C=O) groups excluding carboxylic acids is 3. The molecule has 2 fully saturated rings. The minimum Gasteiger partial charge on any atom is -0.368 e. The fourth-order valence-corrected chi connectivity index (χ4v) is 4.38. The molecule has 2 heterocycles. The lowest BCUT2D eigenvalue weighted by Gasteiger charge is -2.22. The Hall–Kier alpha value is -3.33. The molecule has 2 aromatic carbocycles. The van der Waals surface area contributed by atoms with Gasteiger partial charge in [-0.1, -0.05) is 12.1 Å². The number of hydrogen-bond donors (Lipinski definition) is 2. The monoisotopic (exact) mass is 442 g/mol. The van der Waals surface area contributed by atoms with Crippen LogP contribution in [0.3, 0.4) is 0 Å². The molecular weight excluding hydrogens is 418 g/mol. The highest BCUT2D eigenvalue weighted by Gasteiger charge is 2.36. The topological polar surface area (TPSA) is 95.7 Å². The van der Waals surface area contributed by atoms with Gasteiger partial charge in [0.25, 0.3) is 0 Å². The number of anilines is 2. The molecular formula is C23H24F2N4O3. The molecule has 2 unspecified atom stereocenters. The third-order valence-electron chi connectivity index (χ3n) is 5.97. The van der Waals surface area contributed by atoms with E-state index in [0.717, 1.165) is 31.0 Å². The van der Waals surface area contributed by atoms with Gasteiger partial charge in [-0.25, -0.2) is 8.78 Å². The van der Waals surface area contributed by atoms with Gasteiger partial charge in [-0.2, -0.15) is 0 Å². The third kappa shape index (κ3) is 4.62. The first-order valence-electron chi connectivity index (χ1n) is 10.5. The summed E-state index contributed by atoms with van der Waals surface area (Å²) >= 11 is 0. The van der Waals surface area contributed by atoms with Crippen LogP contribution < -0.4 is 16.0 Å². The zero-order valence-electron chi connectivity index (χ0n) is 17.4. The molecule has 0 radical (unpaired) electrons. The van der Waals surface area contributed by atoms with Crippen LogP contribution in [0.5, 0.6) is 0 Å². The van der Waals surface area contributed by atoms with Gasteiger partial charge in [-0.15, -0.1) is 0 Å². The van der Waals surface area contributed by atoms with Crippen molar-refractivity contribution in [2.45, 2.75) is 31.8 Å². The number of nitrogens with one attached hydrogen (secondary N) is 1. The fourth-order valence-electron chi connectivity index (χ4n) is 4.38. The molecule has 168 valence electrons. The van der Waals surface area contributed by atoms with E-state index in [1.165, 1.54) is 11.0 Å². The lowest BCUT2D eigenvalue weighted by molar-refractivity contribution is -0.122. The molecule has 0 aromatic heterocycles. The van der Waals surface area contributed by atoms with Crippen molar-refractivity contribution in [3.8, 4) is 0 Å². The lowest BCUT2D eigenvalue weighted by atomic mass is 10.1. The number of amides is 3. The molecule has 0 saturated carbocycles. The van der Waals surface area contributed by atoms with Crippen molar-refractivity contribution >= 4 is 29.1 Å². The summed E-state index contributed by atoms with van der Waals surface area (Å²) < 4.78 is 27.2. The van der Waals surface area contributed by atoms with Crippen LogP contribution in [-0.4, -0.2) is 41.8 Å². The van der Waals surface area contributed by atoms with Crippen LogP contribution in [0, 0.1) is 17.6 Å². The van der Waals surface area contributed by atoms with E-state index >= 15 is 0 Å². The van der Waals surface area contributed by atoms with Crippen LogP contribution in [0.15, 0.2) is 42.5 Å². The third-order valence-corrected chi connectivity index (χ3v) is 5.97. The van der Waals surface area contributed by atoms with Crippen molar-refractivity contribution in [1.82, 2.24) is 4.90 Å². The average molecular weight is 442 g/mol. The smallest absolute Gasteiger partial charge is 0.234 e. The minimum absolute atomic E-state index is 0.0149. The summed E-state index contributed by atoms with van der Waals surface area (Å²) in [6.45, 7) is 1.34. The van der Waals surface area contributed by atoms with Gasteiger partial charge in [0.15, 0.2) is 0 Å². The van der Waals surface area contributed by atoms with E-state index in [9.17, 15) is 23.2 Å². The molecule has 2 saturated heterocycles. The maximum atomic E-state index is 14.1. The van der Waals surface area contributed by atoms with Gasteiger partial charge in [0, 0.05) is 31.3 Å². The Labute approximate surface area is 184 Å². The second kappa shape index (κ2) is 9.04. The van der Waals surface area contributed by atoms with Crippen molar-refractivity contribution in [2.24, 2.45) is 11.7 Å². The second-order valence-electron chi connectivity index (χ2n) is 8.22. The van der Waals surface area contributed by atoms with Crippen molar-refractivity contribution in [3.05, 3.63) is 59.7 Å². The fraction of sp³-hybridized carbons (Fsp3) is 0.348. The highest BCUT2D eigenvalue weighted by Crippen LogP contribution is 2.29. The number of likely N-dealkylation sites (tertiary alicyclic amines) is 1. The number of nitrogens with two attached hydrogens (primary N) is 1. The Balaban J connectivity index is 1.40. The number of benzene rings is 2. The van der Waals surface area contributed by atoms with E-state index in [0.29, 0.717) is 18.3 Å². The highest BCUT2D eigenvalue weighted by atomic mass is 19.1. The molecule has 7 nitrogen and oxygen atoms in total. The normalized spacial score (nSPS) is 21.2. The Morgan fingerprint density at radius 1 is 1.16 bits per heavy atom. The molecule has 3 N–H and O–H groups in total. The first-order chi connectivity index (χ1) is 15.3. The summed E-state index contributed by atoms with van der Waals surface area (Å²) in [5, 5.41) is 2.82. The van der Waals surface area contributed by atoms with Gasteiger partial charge < -0.3 is 16.0 Å². The van der Waals surface area contributed by atoms with Crippen molar-refractivity contribution < 1.29 is 23.2 Å². The van der Waals surface area contributed by atoms with E-state index in [1.54, 1.807) is 12.1 Å². The van der Waals surface area contributed by atoms with Crippen LogP contribution in [0.2, 0.25) is 0 Å². The molecule has 3 amide bonds. The first kappa shape index (κ1) is 21.9. The van der Waals surface area contributed by atoms with Crippen molar-refractivity contribution in [3.63, 3.8) is 0 Å². The van der Waals surface area contributed by atoms with E-state index < -0.39 is 23.5 Å². The molecule has 2 atom stereocenters. The predicted octanol–water partition coefficient (Wildman–Crippen LogP) is 2.41. The molecule has 32 heavy (non-hydrogen) atoms. The molecule has 9 heteroatoms. The average Bonchev–Trinajstić information content (AvgIpc) is 3.35. The van der Waals surface area contributed by atoms with E-state index in [-0.39, 0.29) is 36.5 Å². The van der Waals surface area contributed by atoms with Gasteiger partial charge in [0.05, 0.1) is 17.6 Å². The number of primary amides is 1. The second-order valence-corrected chi connectivity index (χ2v) is 8.22. The minimum atomic E-state index is -0.844. The SMILES string of the molecule is NC(=O)C1CCCN1Cc1cccc(NC(=O)C2CC(=O)N(c3ccc(F)cc3F)C2)c1. The zero-order chi connectivity index (χ0) is 22.8.